The number of anilines is 3. The van der Waals surface area contributed by atoms with Gasteiger partial charge in [0.15, 0.2) is 0 Å². The highest BCUT2D eigenvalue weighted by molar-refractivity contribution is 5.96. The molecule has 0 spiro atoms. The number of para-hydroxylation sites is 1. The number of nitrogens with one attached hydrogen (secondary N) is 3. The highest BCUT2D eigenvalue weighted by atomic mass is 16.5. The summed E-state index contributed by atoms with van der Waals surface area (Å²) in [6.07, 6.45) is 0.486. The first kappa shape index (κ1) is 25.5. The van der Waals surface area contributed by atoms with Gasteiger partial charge in [-0.2, -0.15) is 4.98 Å². The zero-order valence-corrected chi connectivity index (χ0v) is 21.0. The average Bonchev–Trinajstić information content (AvgIpc) is 2.92. The van der Waals surface area contributed by atoms with Crippen LogP contribution in [0.4, 0.5) is 17.5 Å². The zero-order valence-electron chi connectivity index (χ0n) is 21.0. The third-order valence-electron chi connectivity index (χ3n) is 5.53. The Morgan fingerprint density at radius 2 is 1.59 bits per heavy atom. The van der Waals surface area contributed by atoms with Gasteiger partial charge in [-0.15, -0.1) is 0 Å². The minimum Gasteiger partial charge on any atom is -0.497 e. The third kappa shape index (κ3) is 7.96. The Bertz CT molecular complexity index is 1270. The Morgan fingerprint density at radius 3 is 2.30 bits per heavy atom. The van der Waals surface area contributed by atoms with Crippen LogP contribution in [-0.4, -0.2) is 42.2 Å². The fourth-order valence-electron chi connectivity index (χ4n) is 3.71. The van der Waals surface area contributed by atoms with Crippen LogP contribution in [0.15, 0.2) is 91.0 Å². The van der Waals surface area contributed by atoms with Crippen molar-refractivity contribution < 1.29 is 14.3 Å². The van der Waals surface area contributed by atoms with Gasteiger partial charge in [-0.1, -0.05) is 48.5 Å². The summed E-state index contributed by atoms with van der Waals surface area (Å²) in [7, 11) is 1.61. The van der Waals surface area contributed by atoms with Gasteiger partial charge in [-0.3, -0.25) is 4.79 Å². The van der Waals surface area contributed by atoms with Gasteiger partial charge >= 0.3 is 0 Å². The molecule has 3 aromatic carbocycles. The summed E-state index contributed by atoms with van der Waals surface area (Å²) in [4.78, 5) is 22.4. The lowest BCUT2D eigenvalue weighted by molar-refractivity contribution is -0.116. The van der Waals surface area contributed by atoms with Gasteiger partial charge in [0.25, 0.3) is 0 Å². The summed E-state index contributed by atoms with van der Waals surface area (Å²) in [6, 6.07) is 28.0. The molecule has 1 aromatic heterocycles. The molecule has 1 amide bonds. The van der Waals surface area contributed by atoms with Crippen molar-refractivity contribution in [2.24, 2.45) is 0 Å². The molecule has 1 heterocycles. The van der Waals surface area contributed by atoms with Gasteiger partial charge in [-0.25, -0.2) is 4.98 Å². The molecule has 4 aromatic rings. The van der Waals surface area contributed by atoms with E-state index in [4.69, 9.17) is 9.47 Å². The number of amides is 1. The number of aryl methyl sites for hydroxylation is 1. The summed E-state index contributed by atoms with van der Waals surface area (Å²) in [5.41, 5.74) is 2.50. The first-order chi connectivity index (χ1) is 18.1. The molecular formula is C29H31N5O3. The molecule has 0 saturated heterocycles. The second-order valence-electron chi connectivity index (χ2n) is 8.41. The van der Waals surface area contributed by atoms with E-state index in [2.05, 4.69) is 25.9 Å². The maximum Gasteiger partial charge on any atom is 0.247 e. The number of carbonyl (C=O) groups excluding carboxylic acids is 1. The average molecular weight is 498 g/mol. The van der Waals surface area contributed by atoms with E-state index in [9.17, 15) is 4.79 Å². The summed E-state index contributed by atoms with van der Waals surface area (Å²) in [5, 5.41) is 9.50. The number of benzene rings is 3. The summed E-state index contributed by atoms with van der Waals surface area (Å²) >= 11 is 0. The topological polar surface area (TPSA) is 97.4 Å². The number of ether oxygens (including phenoxy) is 2. The Kier molecular flexibility index (Phi) is 8.91. The van der Waals surface area contributed by atoms with Crippen LogP contribution < -0.4 is 25.4 Å². The van der Waals surface area contributed by atoms with Crippen LogP contribution in [0.1, 0.15) is 11.3 Å². The number of aromatic nitrogens is 2. The molecule has 37 heavy (non-hydrogen) atoms. The van der Waals surface area contributed by atoms with Crippen LogP contribution in [0.2, 0.25) is 0 Å². The molecule has 0 aliphatic heterocycles. The minimum atomic E-state index is -0.562. The molecule has 0 unspecified atom stereocenters. The number of carbonyl (C=O) groups is 1. The number of rotatable bonds is 12. The molecule has 8 heteroatoms. The van der Waals surface area contributed by atoms with Gasteiger partial charge in [-0.05, 0) is 48.9 Å². The van der Waals surface area contributed by atoms with E-state index in [0.717, 1.165) is 22.8 Å². The Hall–Kier alpha value is -4.59. The normalized spacial score (nSPS) is 11.3. The largest absolute Gasteiger partial charge is 0.497 e. The van der Waals surface area contributed by atoms with Crippen LogP contribution in [0.25, 0.3) is 0 Å². The Morgan fingerprint density at radius 1 is 0.892 bits per heavy atom. The molecule has 0 saturated carbocycles. The van der Waals surface area contributed by atoms with Gasteiger partial charge in [0.05, 0.1) is 13.7 Å². The van der Waals surface area contributed by atoms with Crippen molar-refractivity contribution in [1.29, 1.82) is 0 Å². The lowest BCUT2D eigenvalue weighted by atomic mass is 10.0. The van der Waals surface area contributed by atoms with Gasteiger partial charge in [0.2, 0.25) is 11.9 Å². The number of nitrogens with zero attached hydrogens (tertiary/aromatic N) is 2. The van der Waals surface area contributed by atoms with Crippen molar-refractivity contribution in [3.63, 3.8) is 0 Å². The van der Waals surface area contributed by atoms with E-state index in [-0.39, 0.29) is 5.91 Å². The quantitative estimate of drug-likeness (QED) is 0.238. The molecule has 8 nitrogen and oxygen atoms in total. The Balaban J connectivity index is 1.43. The molecule has 0 aliphatic rings. The van der Waals surface area contributed by atoms with Crippen molar-refractivity contribution in [2.75, 3.05) is 36.2 Å². The molecule has 0 bridgehead atoms. The fraction of sp³-hybridized carbons (Fsp3) is 0.207. The van der Waals surface area contributed by atoms with Gasteiger partial charge in [0, 0.05) is 23.9 Å². The lowest BCUT2D eigenvalue weighted by Gasteiger charge is -2.20. The van der Waals surface area contributed by atoms with Crippen molar-refractivity contribution in [2.45, 2.75) is 19.4 Å². The fourth-order valence-corrected chi connectivity index (χ4v) is 3.71. The maximum absolute atomic E-state index is 13.3. The van der Waals surface area contributed by atoms with Crippen LogP contribution in [0, 0.1) is 6.92 Å². The van der Waals surface area contributed by atoms with E-state index in [0.29, 0.717) is 37.0 Å². The molecular weight excluding hydrogens is 466 g/mol. The van der Waals surface area contributed by atoms with Crippen molar-refractivity contribution in [3.8, 4) is 11.5 Å². The van der Waals surface area contributed by atoms with Crippen LogP contribution in [0.5, 0.6) is 11.5 Å². The molecule has 0 radical (unpaired) electrons. The molecule has 0 aliphatic carbocycles. The summed E-state index contributed by atoms with van der Waals surface area (Å²) in [5.74, 6) is 2.39. The van der Waals surface area contributed by atoms with Crippen LogP contribution in [0.3, 0.4) is 0 Å². The summed E-state index contributed by atoms with van der Waals surface area (Å²) in [6.45, 7) is 2.89. The van der Waals surface area contributed by atoms with E-state index in [1.165, 1.54) is 0 Å². The smallest absolute Gasteiger partial charge is 0.247 e. The van der Waals surface area contributed by atoms with Gasteiger partial charge in [0.1, 0.15) is 30.0 Å². The van der Waals surface area contributed by atoms with E-state index in [1.54, 1.807) is 7.11 Å². The first-order valence-electron chi connectivity index (χ1n) is 12.1. The second-order valence-corrected chi connectivity index (χ2v) is 8.41. The number of hydrogen-bond donors (Lipinski definition) is 3. The highest BCUT2D eigenvalue weighted by Gasteiger charge is 2.20. The van der Waals surface area contributed by atoms with E-state index in [1.807, 2.05) is 97.9 Å². The number of methoxy groups -OCH3 is 1. The van der Waals surface area contributed by atoms with E-state index >= 15 is 0 Å². The van der Waals surface area contributed by atoms with Crippen LogP contribution >= 0.6 is 0 Å². The zero-order chi connectivity index (χ0) is 25.9. The monoisotopic (exact) mass is 497 g/mol. The number of hydrogen-bond acceptors (Lipinski definition) is 7. The molecule has 0 fully saturated rings. The minimum absolute atomic E-state index is 0.170. The van der Waals surface area contributed by atoms with E-state index < -0.39 is 6.04 Å². The molecule has 190 valence electrons. The van der Waals surface area contributed by atoms with Crippen molar-refractivity contribution >= 4 is 23.4 Å². The second kappa shape index (κ2) is 12.9. The SMILES string of the molecule is COc1ccc(NC(=O)[C@H](Cc2ccccc2)Nc2cc(C)nc(NCCOc3ccccc3)n2)cc1. The third-order valence-corrected chi connectivity index (χ3v) is 5.53. The van der Waals surface area contributed by atoms with Crippen LogP contribution in [-0.2, 0) is 11.2 Å². The predicted molar refractivity (Wildman–Crippen MR) is 146 cm³/mol. The first-order valence-corrected chi connectivity index (χ1v) is 12.1. The molecule has 1 atom stereocenters. The van der Waals surface area contributed by atoms with Gasteiger partial charge < -0.3 is 25.4 Å². The molecule has 3 N–H and O–H groups in total. The van der Waals surface area contributed by atoms with Crippen molar-refractivity contribution in [1.82, 2.24) is 9.97 Å². The Labute approximate surface area is 217 Å². The predicted octanol–water partition coefficient (Wildman–Crippen LogP) is 4.95. The molecule has 4 rings (SSSR count). The summed E-state index contributed by atoms with van der Waals surface area (Å²) < 4.78 is 10.9. The lowest BCUT2D eigenvalue weighted by Crippen LogP contribution is -2.37. The highest BCUT2D eigenvalue weighted by Crippen LogP contribution is 2.18. The maximum atomic E-state index is 13.3. The standard InChI is InChI=1S/C29H31N5O3/c1-21-19-27(34-29(31-21)30-17-18-37-25-11-7-4-8-12-25)33-26(20-22-9-5-3-6-10-22)28(35)32-23-13-15-24(36-2)16-14-23/h3-16,19,26H,17-18,20H2,1-2H3,(H,32,35)(H2,30,31,33,34)/t26-/m0/s1. The van der Waals surface area contributed by atoms with Crippen molar-refractivity contribution in [3.05, 3.63) is 102 Å².